The molecule has 0 aliphatic heterocycles. The molecule has 3 aromatic rings. The fraction of sp³-hybridized carbons (Fsp3) is 0.308. The van der Waals surface area contributed by atoms with Crippen molar-refractivity contribution in [3.8, 4) is 0 Å². The van der Waals surface area contributed by atoms with Gasteiger partial charge in [0.25, 0.3) is 0 Å². The molecule has 1 atom stereocenters. The lowest BCUT2D eigenvalue weighted by atomic mass is 10.3. The van der Waals surface area contributed by atoms with Gasteiger partial charge in [-0.2, -0.15) is 0 Å². The van der Waals surface area contributed by atoms with Crippen LogP contribution >= 0.6 is 11.8 Å². The van der Waals surface area contributed by atoms with Gasteiger partial charge in [0, 0.05) is 6.54 Å². The van der Waals surface area contributed by atoms with Crippen molar-refractivity contribution in [1.82, 2.24) is 19.2 Å². The molecule has 2 aromatic heterocycles. The Morgan fingerprint density at radius 2 is 2.05 bits per heavy atom. The summed E-state index contributed by atoms with van der Waals surface area (Å²) in [4.78, 5) is 11.0. The van der Waals surface area contributed by atoms with Crippen molar-refractivity contribution in [2.24, 2.45) is 0 Å². The van der Waals surface area contributed by atoms with Gasteiger partial charge in [-0.1, -0.05) is 23.9 Å². The zero-order chi connectivity index (χ0) is 14.3. The summed E-state index contributed by atoms with van der Waals surface area (Å²) in [6.07, 6.45) is 0. The molecule has 0 aliphatic carbocycles. The molecular formula is C13H14N4O2S. The van der Waals surface area contributed by atoms with Crippen LogP contribution in [0.4, 0.5) is 0 Å². The maximum absolute atomic E-state index is 11.0. The van der Waals surface area contributed by atoms with Crippen LogP contribution in [-0.2, 0) is 11.3 Å². The first-order valence-corrected chi connectivity index (χ1v) is 7.23. The SMILES string of the molecule is CCn1c2ccccc2n2c(S[C@H](C)C(=O)O)nnc12. The van der Waals surface area contributed by atoms with Crippen molar-refractivity contribution in [3.63, 3.8) is 0 Å². The highest BCUT2D eigenvalue weighted by molar-refractivity contribution is 8.00. The second kappa shape index (κ2) is 4.82. The third-order valence-corrected chi connectivity index (χ3v) is 4.25. The Hall–Kier alpha value is -2.02. The van der Waals surface area contributed by atoms with Gasteiger partial charge in [-0.25, -0.2) is 0 Å². The summed E-state index contributed by atoms with van der Waals surface area (Å²) in [6, 6.07) is 7.96. The number of aliphatic carboxylic acids is 1. The molecule has 3 rings (SSSR count). The minimum atomic E-state index is -0.856. The lowest BCUT2D eigenvalue weighted by molar-refractivity contribution is -0.136. The van der Waals surface area contributed by atoms with Gasteiger partial charge >= 0.3 is 5.97 Å². The first-order valence-electron chi connectivity index (χ1n) is 6.35. The summed E-state index contributed by atoms with van der Waals surface area (Å²) in [5.74, 6) is -0.111. The number of imidazole rings is 1. The van der Waals surface area contributed by atoms with Gasteiger partial charge in [0.15, 0.2) is 5.16 Å². The Morgan fingerprint density at radius 1 is 1.35 bits per heavy atom. The van der Waals surface area contributed by atoms with Crippen LogP contribution in [0.2, 0.25) is 0 Å². The third kappa shape index (κ3) is 1.85. The normalized spacial score (nSPS) is 13.1. The molecule has 0 bridgehead atoms. The second-order valence-electron chi connectivity index (χ2n) is 4.45. The number of hydrogen-bond acceptors (Lipinski definition) is 4. The molecule has 20 heavy (non-hydrogen) atoms. The van der Waals surface area contributed by atoms with E-state index in [1.165, 1.54) is 11.8 Å². The maximum atomic E-state index is 11.0. The molecule has 0 saturated heterocycles. The van der Waals surface area contributed by atoms with Crippen molar-refractivity contribution in [2.75, 3.05) is 0 Å². The Labute approximate surface area is 119 Å². The highest BCUT2D eigenvalue weighted by atomic mass is 32.2. The van der Waals surface area contributed by atoms with E-state index in [-0.39, 0.29) is 0 Å². The Bertz CT molecular complexity index is 792. The summed E-state index contributed by atoms with van der Waals surface area (Å²) in [5, 5.41) is 17.4. The number of benzene rings is 1. The predicted molar refractivity (Wildman–Crippen MR) is 77.1 cm³/mol. The number of rotatable bonds is 4. The predicted octanol–water partition coefficient (Wildman–Crippen LogP) is 2.27. The van der Waals surface area contributed by atoms with Gasteiger partial charge in [0.1, 0.15) is 5.25 Å². The van der Waals surface area contributed by atoms with Crippen LogP contribution in [0.1, 0.15) is 13.8 Å². The van der Waals surface area contributed by atoms with Crippen LogP contribution in [0.25, 0.3) is 16.8 Å². The summed E-state index contributed by atoms with van der Waals surface area (Å²) in [7, 11) is 0. The standard InChI is InChI=1S/C13H14N4O2S/c1-3-16-9-6-4-5-7-10(9)17-12(16)14-15-13(17)20-8(2)11(18)19/h4-8H,3H2,1-2H3,(H,18,19)/t8-/m1/s1. The molecule has 0 spiro atoms. The van der Waals surface area contributed by atoms with Gasteiger partial charge in [0.05, 0.1) is 11.0 Å². The van der Waals surface area contributed by atoms with E-state index in [1.54, 1.807) is 6.92 Å². The number of aromatic nitrogens is 4. The first kappa shape index (κ1) is 13.0. The van der Waals surface area contributed by atoms with E-state index in [0.29, 0.717) is 5.16 Å². The molecule has 2 heterocycles. The van der Waals surface area contributed by atoms with E-state index >= 15 is 0 Å². The van der Waals surface area contributed by atoms with Crippen molar-refractivity contribution in [2.45, 2.75) is 30.8 Å². The monoisotopic (exact) mass is 290 g/mol. The topological polar surface area (TPSA) is 72.4 Å². The molecule has 0 fully saturated rings. The van der Waals surface area contributed by atoms with Crippen molar-refractivity contribution < 1.29 is 9.90 Å². The van der Waals surface area contributed by atoms with Crippen LogP contribution in [0.15, 0.2) is 29.4 Å². The second-order valence-corrected chi connectivity index (χ2v) is 5.76. The molecule has 104 valence electrons. The summed E-state index contributed by atoms with van der Waals surface area (Å²) in [6.45, 7) is 4.48. The lowest BCUT2D eigenvalue weighted by Gasteiger charge is -2.02. The van der Waals surface area contributed by atoms with Crippen molar-refractivity contribution in [1.29, 1.82) is 0 Å². The number of nitrogens with zero attached hydrogens (tertiary/aromatic N) is 4. The van der Waals surface area contributed by atoms with E-state index in [0.717, 1.165) is 23.4 Å². The minimum absolute atomic E-state index is 0.564. The van der Waals surface area contributed by atoms with E-state index in [4.69, 9.17) is 5.11 Å². The average Bonchev–Trinajstić information content (AvgIpc) is 2.97. The summed E-state index contributed by atoms with van der Waals surface area (Å²) in [5.41, 5.74) is 2.07. The van der Waals surface area contributed by atoms with Crippen LogP contribution < -0.4 is 0 Å². The minimum Gasteiger partial charge on any atom is -0.480 e. The quantitative estimate of drug-likeness (QED) is 0.746. The highest BCUT2D eigenvalue weighted by Gasteiger charge is 2.20. The van der Waals surface area contributed by atoms with Gasteiger partial charge in [0.2, 0.25) is 5.78 Å². The van der Waals surface area contributed by atoms with Gasteiger partial charge in [-0.3, -0.25) is 9.20 Å². The number of para-hydroxylation sites is 2. The molecule has 0 amide bonds. The fourth-order valence-electron chi connectivity index (χ4n) is 2.23. The summed E-state index contributed by atoms with van der Waals surface area (Å²) >= 11 is 1.20. The van der Waals surface area contributed by atoms with Crippen LogP contribution in [-0.4, -0.2) is 35.5 Å². The number of fused-ring (bicyclic) bond motifs is 3. The average molecular weight is 290 g/mol. The molecule has 0 saturated carbocycles. The molecule has 1 N–H and O–H groups in total. The Kier molecular flexibility index (Phi) is 3.13. The van der Waals surface area contributed by atoms with Gasteiger partial charge < -0.3 is 9.67 Å². The van der Waals surface area contributed by atoms with Crippen molar-refractivity contribution in [3.05, 3.63) is 24.3 Å². The number of carboxylic acids is 1. The molecule has 0 unspecified atom stereocenters. The highest BCUT2D eigenvalue weighted by Crippen LogP contribution is 2.27. The van der Waals surface area contributed by atoms with Crippen LogP contribution in [0.3, 0.4) is 0 Å². The Morgan fingerprint density at radius 3 is 2.70 bits per heavy atom. The van der Waals surface area contributed by atoms with E-state index in [1.807, 2.05) is 35.6 Å². The maximum Gasteiger partial charge on any atom is 0.316 e. The zero-order valence-electron chi connectivity index (χ0n) is 11.1. The third-order valence-electron chi connectivity index (χ3n) is 3.22. The van der Waals surface area contributed by atoms with Crippen molar-refractivity contribution >= 4 is 34.5 Å². The molecule has 0 radical (unpaired) electrons. The fourth-order valence-corrected chi connectivity index (χ4v) is 3.02. The summed E-state index contributed by atoms with van der Waals surface area (Å²) < 4.78 is 3.99. The zero-order valence-corrected chi connectivity index (χ0v) is 12.0. The molecular weight excluding hydrogens is 276 g/mol. The van der Waals surface area contributed by atoms with Gasteiger partial charge in [-0.15, -0.1) is 10.2 Å². The first-order chi connectivity index (χ1) is 9.63. The number of hydrogen-bond donors (Lipinski definition) is 1. The molecule has 7 heteroatoms. The molecule has 6 nitrogen and oxygen atoms in total. The smallest absolute Gasteiger partial charge is 0.316 e. The Balaban J connectivity index is 2.23. The molecule has 0 aliphatic rings. The van der Waals surface area contributed by atoms with Gasteiger partial charge in [-0.05, 0) is 26.0 Å². The number of thioether (sulfide) groups is 1. The largest absolute Gasteiger partial charge is 0.480 e. The van der Waals surface area contributed by atoms with E-state index in [2.05, 4.69) is 14.8 Å². The number of aryl methyl sites for hydroxylation is 1. The molecule has 1 aromatic carbocycles. The van der Waals surface area contributed by atoms with Crippen LogP contribution in [0.5, 0.6) is 0 Å². The van der Waals surface area contributed by atoms with Crippen LogP contribution in [0, 0.1) is 0 Å². The lowest BCUT2D eigenvalue weighted by Crippen LogP contribution is -2.11. The van der Waals surface area contributed by atoms with E-state index < -0.39 is 11.2 Å². The number of carbonyl (C=O) groups is 1. The van der Waals surface area contributed by atoms with E-state index in [9.17, 15) is 4.79 Å². The number of carboxylic acid groups (broad SMARTS) is 1.